The van der Waals surface area contributed by atoms with E-state index in [1.807, 2.05) is 24.3 Å². The minimum atomic E-state index is -3.32. The van der Waals surface area contributed by atoms with Gasteiger partial charge in [0.15, 0.2) is 0 Å². The van der Waals surface area contributed by atoms with Crippen molar-refractivity contribution in [2.45, 2.75) is 37.6 Å². The van der Waals surface area contributed by atoms with Crippen molar-refractivity contribution in [1.82, 2.24) is 9.62 Å². The zero-order valence-electron chi connectivity index (χ0n) is 12.6. The first kappa shape index (κ1) is 16.4. The minimum Gasteiger partial charge on any atom is -0.326 e. The molecule has 1 fully saturated rings. The highest BCUT2D eigenvalue weighted by molar-refractivity contribution is 7.88. The molecule has 1 heterocycles. The van der Waals surface area contributed by atoms with E-state index in [2.05, 4.69) is 16.7 Å². The van der Waals surface area contributed by atoms with Gasteiger partial charge in [-0.1, -0.05) is 30.7 Å². The third-order valence-electron chi connectivity index (χ3n) is 4.14. The molecular formula is C15H25N3O2S. The van der Waals surface area contributed by atoms with E-state index in [0.717, 1.165) is 24.1 Å². The first-order valence-corrected chi connectivity index (χ1v) is 9.11. The fraction of sp³-hybridized carbons (Fsp3) is 0.600. The van der Waals surface area contributed by atoms with Crippen molar-refractivity contribution in [3.8, 4) is 0 Å². The SMILES string of the molecule is CN1CCCCC1CNS(=O)(=O)Cc1ccccc1CN. The molecule has 1 saturated heterocycles. The molecule has 1 aromatic carbocycles. The van der Waals surface area contributed by atoms with Gasteiger partial charge in [0.25, 0.3) is 0 Å². The summed E-state index contributed by atoms with van der Waals surface area (Å²) >= 11 is 0. The number of piperidine rings is 1. The number of hydrogen-bond acceptors (Lipinski definition) is 4. The monoisotopic (exact) mass is 311 g/mol. The summed E-state index contributed by atoms with van der Waals surface area (Å²) in [6.45, 7) is 1.89. The quantitative estimate of drug-likeness (QED) is 0.823. The average Bonchev–Trinajstić information content (AvgIpc) is 2.47. The Labute approximate surface area is 127 Å². The second kappa shape index (κ2) is 7.35. The molecule has 0 aromatic heterocycles. The van der Waals surface area contributed by atoms with Crippen molar-refractivity contribution >= 4 is 10.0 Å². The summed E-state index contributed by atoms with van der Waals surface area (Å²) in [7, 11) is -1.26. The third kappa shape index (κ3) is 4.78. The molecule has 118 valence electrons. The Balaban J connectivity index is 1.95. The maximum Gasteiger partial charge on any atom is 0.215 e. The molecule has 6 heteroatoms. The highest BCUT2D eigenvalue weighted by atomic mass is 32.2. The molecule has 0 spiro atoms. The molecule has 0 amide bonds. The van der Waals surface area contributed by atoms with E-state index in [4.69, 9.17) is 5.73 Å². The van der Waals surface area contributed by atoms with E-state index in [1.165, 1.54) is 12.8 Å². The van der Waals surface area contributed by atoms with Crippen molar-refractivity contribution in [3.05, 3.63) is 35.4 Å². The molecule has 5 nitrogen and oxygen atoms in total. The third-order valence-corrected chi connectivity index (χ3v) is 5.44. The van der Waals surface area contributed by atoms with Crippen LogP contribution in [0.4, 0.5) is 0 Å². The van der Waals surface area contributed by atoms with Gasteiger partial charge in [0.1, 0.15) is 0 Å². The number of nitrogens with two attached hydrogens (primary N) is 1. The van der Waals surface area contributed by atoms with Gasteiger partial charge in [-0.15, -0.1) is 0 Å². The fourth-order valence-electron chi connectivity index (χ4n) is 2.78. The van der Waals surface area contributed by atoms with Crippen molar-refractivity contribution in [2.75, 3.05) is 20.1 Å². The smallest absolute Gasteiger partial charge is 0.215 e. The Bertz CT molecular complexity index is 560. The molecule has 2 rings (SSSR count). The highest BCUT2D eigenvalue weighted by Crippen LogP contribution is 2.15. The Kier molecular flexibility index (Phi) is 5.75. The molecule has 1 unspecified atom stereocenters. The van der Waals surface area contributed by atoms with Crippen LogP contribution in [0.2, 0.25) is 0 Å². The number of benzene rings is 1. The van der Waals surface area contributed by atoms with Gasteiger partial charge >= 0.3 is 0 Å². The number of rotatable bonds is 6. The van der Waals surface area contributed by atoms with Crippen LogP contribution in [0, 0.1) is 0 Å². The standard InChI is InChI=1S/C15H25N3O2S/c1-18-9-5-4-8-15(18)11-17-21(19,20)12-14-7-3-2-6-13(14)10-16/h2-3,6-7,15,17H,4-5,8-12,16H2,1H3. The van der Waals surface area contributed by atoms with Crippen molar-refractivity contribution < 1.29 is 8.42 Å². The van der Waals surface area contributed by atoms with Crippen LogP contribution in [-0.4, -0.2) is 39.5 Å². The fourth-order valence-corrected chi connectivity index (χ4v) is 4.02. The second-order valence-electron chi connectivity index (χ2n) is 5.71. The molecule has 0 aliphatic carbocycles. The van der Waals surface area contributed by atoms with Gasteiger partial charge in [-0.25, -0.2) is 13.1 Å². The van der Waals surface area contributed by atoms with Crippen LogP contribution in [-0.2, 0) is 22.3 Å². The molecule has 3 N–H and O–H groups in total. The lowest BCUT2D eigenvalue weighted by atomic mass is 10.0. The summed E-state index contributed by atoms with van der Waals surface area (Å²) in [4.78, 5) is 2.24. The Morgan fingerprint density at radius 3 is 2.67 bits per heavy atom. The molecular weight excluding hydrogens is 286 g/mol. The van der Waals surface area contributed by atoms with Crippen LogP contribution in [0.25, 0.3) is 0 Å². The predicted molar refractivity (Wildman–Crippen MR) is 85.2 cm³/mol. The second-order valence-corrected chi connectivity index (χ2v) is 7.52. The first-order chi connectivity index (χ1) is 10.0. The Morgan fingerprint density at radius 2 is 2.00 bits per heavy atom. The molecule has 1 aromatic rings. The van der Waals surface area contributed by atoms with Crippen molar-refractivity contribution in [1.29, 1.82) is 0 Å². The maximum atomic E-state index is 12.2. The topological polar surface area (TPSA) is 75.4 Å². The lowest BCUT2D eigenvalue weighted by molar-refractivity contribution is 0.187. The highest BCUT2D eigenvalue weighted by Gasteiger charge is 2.21. The van der Waals surface area contributed by atoms with E-state index in [-0.39, 0.29) is 5.75 Å². The van der Waals surface area contributed by atoms with Crippen LogP contribution in [0.15, 0.2) is 24.3 Å². The molecule has 1 aliphatic rings. The van der Waals surface area contributed by atoms with E-state index in [1.54, 1.807) is 0 Å². The first-order valence-electron chi connectivity index (χ1n) is 7.46. The Morgan fingerprint density at radius 1 is 1.29 bits per heavy atom. The van der Waals surface area contributed by atoms with E-state index in [0.29, 0.717) is 19.1 Å². The summed E-state index contributed by atoms with van der Waals surface area (Å²) < 4.78 is 27.2. The number of sulfonamides is 1. The van der Waals surface area contributed by atoms with Crippen molar-refractivity contribution in [2.24, 2.45) is 5.73 Å². The van der Waals surface area contributed by atoms with Gasteiger partial charge in [0.2, 0.25) is 10.0 Å². The largest absolute Gasteiger partial charge is 0.326 e. The Hall–Kier alpha value is -0.950. The summed E-state index contributed by atoms with van der Waals surface area (Å²) in [5, 5.41) is 0. The number of nitrogens with one attached hydrogen (secondary N) is 1. The maximum absolute atomic E-state index is 12.2. The van der Waals surface area contributed by atoms with Gasteiger partial charge in [0, 0.05) is 19.1 Å². The minimum absolute atomic E-state index is 0.00317. The van der Waals surface area contributed by atoms with Gasteiger partial charge in [-0.3, -0.25) is 0 Å². The van der Waals surface area contributed by atoms with E-state index >= 15 is 0 Å². The summed E-state index contributed by atoms with van der Waals surface area (Å²) in [5.41, 5.74) is 7.33. The van der Waals surface area contributed by atoms with Crippen LogP contribution >= 0.6 is 0 Å². The van der Waals surface area contributed by atoms with Crippen molar-refractivity contribution in [3.63, 3.8) is 0 Å². The van der Waals surface area contributed by atoms with Crippen LogP contribution < -0.4 is 10.5 Å². The lowest BCUT2D eigenvalue weighted by Crippen LogP contribution is -2.44. The van der Waals surface area contributed by atoms with E-state index < -0.39 is 10.0 Å². The predicted octanol–water partition coefficient (Wildman–Crippen LogP) is 1.05. The number of nitrogens with zero attached hydrogens (tertiary/aromatic N) is 1. The molecule has 0 bridgehead atoms. The van der Waals surface area contributed by atoms with Crippen LogP contribution in [0.3, 0.4) is 0 Å². The number of hydrogen-bond donors (Lipinski definition) is 2. The van der Waals surface area contributed by atoms with Gasteiger partial charge in [0.05, 0.1) is 5.75 Å². The zero-order valence-corrected chi connectivity index (χ0v) is 13.4. The number of likely N-dealkylation sites (N-methyl/N-ethyl adjacent to an activating group) is 1. The lowest BCUT2D eigenvalue weighted by Gasteiger charge is -2.32. The van der Waals surface area contributed by atoms with Gasteiger partial charge in [-0.2, -0.15) is 0 Å². The molecule has 1 aliphatic heterocycles. The molecule has 0 radical (unpaired) electrons. The summed E-state index contributed by atoms with van der Waals surface area (Å²) in [6.07, 6.45) is 3.43. The van der Waals surface area contributed by atoms with Gasteiger partial charge < -0.3 is 10.6 Å². The van der Waals surface area contributed by atoms with E-state index in [9.17, 15) is 8.42 Å². The van der Waals surface area contributed by atoms with Crippen LogP contribution in [0.5, 0.6) is 0 Å². The summed E-state index contributed by atoms with van der Waals surface area (Å²) in [5.74, 6) is -0.00317. The summed E-state index contributed by atoms with van der Waals surface area (Å²) in [6, 6.07) is 7.73. The molecule has 1 atom stereocenters. The zero-order chi connectivity index (χ0) is 15.3. The van der Waals surface area contributed by atoms with Gasteiger partial charge in [-0.05, 0) is 37.6 Å². The molecule has 21 heavy (non-hydrogen) atoms. The van der Waals surface area contributed by atoms with Crippen LogP contribution in [0.1, 0.15) is 30.4 Å². The number of likely N-dealkylation sites (tertiary alicyclic amines) is 1. The average molecular weight is 311 g/mol. The normalized spacial score (nSPS) is 20.6. The molecule has 0 saturated carbocycles.